The van der Waals surface area contributed by atoms with E-state index in [2.05, 4.69) is 46.7 Å². The van der Waals surface area contributed by atoms with E-state index in [1.165, 1.54) is 0 Å². The van der Waals surface area contributed by atoms with Crippen LogP contribution in [0.4, 0.5) is 11.6 Å². The number of nitrogens with zero attached hydrogens (tertiary/aromatic N) is 4. The summed E-state index contributed by atoms with van der Waals surface area (Å²) in [6.07, 6.45) is 8.54. The van der Waals surface area contributed by atoms with E-state index in [0.29, 0.717) is 42.8 Å². The summed E-state index contributed by atoms with van der Waals surface area (Å²) < 4.78 is 5.43. The highest BCUT2D eigenvalue weighted by Crippen LogP contribution is 2.33. The fraction of sp³-hybridized carbons (Fsp3) is 0.538. The van der Waals surface area contributed by atoms with E-state index in [-0.39, 0.29) is 0 Å². The molecule has 3 heterocycles. The van der Waals surface area contributed by atoms with Gasteiger partial charge in [-0.2, -0.15) is 5.26 Å². The molecule has 0 spiro atoms. The number of hydrogen-bond donors (Lipinski definition) is 2. The first-order chi connectivity index (χ1) is 16.5. The molecule has 2 aromatic heterocycles. The number of aromatic nitrogens is 2. The lowest BCUT2D eigenvalue weighted by Crippen LogP contribution is -2.34. The molecular formula is C26H33ClN6O. The summed E-state index contributed by atoms with van der Waals surface area (Å²) in [6, 6.07) is 11.0. The number of nitrogens with one attached hydrogen (secondary N) is 2. The zero-order chi connectivity index (χ0) is 24.0. The fourth-order valence-corrected chi connectivity index (χ4v) is 4.73. The number of halogens is 1. The lowest BCUT2D eigenvalue weighted by Gasteiger charge is -2.30. The van der Waals surface area contributed by atoms with Crippen LogP contribution in [0.25, 0.3) is 11.3 Å². The van der Waals surface area contributed by atoms with Crippen LogP contribution >= 0.6 is 11.6 Å². The standard InChI is InChI=1S/C26H33ClN6O/c1-18(2)29-14-19-6-7-20(12-19)32-25-13-21(22(27)15-30-25)23-4-3-5-24(33-23)31-17-26(16-28)8-10-34-11-9-26/h3-5,13-15,18-20H,6-12,17H2,1-2H3,(H,30,32)(H,31,33). The number of hydrogen-bond acceptors (Lipinski definition) is 7. The first-order valence-electron chi connectivity index (χ1n) is 12.1. The minimum absolute atomic E-state index is 0.340. The highest BCUT2D eigenvalue weighted by molar-refractivity contribution is 6.33. The third-order valence-corrected chi connectivity index (χ3v) is 6.90. The van der Waals surface area contributed by atoms with Crippen molar-refractivity contribution in [1.29, 1.82) is 5.26 Å². The van der Waals surface area contributed by atoms with Crippen molar-refractivity contribution in [3.8, 4) is 17.3 Å². The summed E-state index contributed by atoms with van der Waals surface area (Å²) in [5.41, 5.74) is 1.19. The van der Waals surface area contributed by atoms with E-state index >= 15 is 0 Å². The van der Waals surface area contributed by atoms with E-state index in [4.69, 9.17) is 21.3 Å². The Balaban J connectivity index is 1.43. The minimum Gasteiger partial charge on any atom is -0.381 e. The zero-order valence-corrected chi connectivity index (χ0v) is 20.7. The Morgan fingerprint density at radius 1 is 1.29 bits per heavy atom. The Morgan fingerprint density at radius 2 is 2.12 bits per heavy atom. The lowest BCUT2D eigenvalue weighted by atomic mass is 9.82. The summed E-state index contributed by atoms with van der Waals surface area (Å²) in [7, 11) is 0. The zero-order valence-electron chi connectivity index (χ0n) is 19.9. The van der Waals surface area contributed by atoms with Crippen LogP contribution in [-0.2, 0) is 4.74 Å². The van der Waals surface area contributed by atoms with Gasteiger partial charge in [0.1, 0.15) is 11.6 Å². The molecule has 0 bridgehead atoms. The summed E-state index contributed by atoms with van der Waals surface area (Å²) in [4.78, 5) is 13.8. The van der Waals surface area contributed by atoms with Crippen molar-refractivity contribution in [2.45, 2.75) is 58.0 Å². The lowest BCUT2D eigenvalue weighted by molar-refractivity contribution is 0.0455. The molecule has 34 heavy (non-hydrogen) atoms. The first-order valence-corrected chi connectivity index (χ1v) is 12.5. The molecule has 1 saturated carbocycles. The molecule has 180 valence electrons. The normalized spacial score (nSPS) is 22.1. The Bertz CT molecular complexity index is 1040. The third kappa shape index (κ3) is 6.25. The van der Waals surface area contributed by atoms with Crippen molar-refractivity contribution in [3.63, 3.8) is 0 Å². The number of aliphatic imine (C=N–C) groups is 1. The van der Waals surface area contributed by atoms with Gasteiger partial charge in [-0.3, -0.25) is 4.99 Å². The van der Waals surface area contributed by atoms with Gasteiger partial charge in [-0.05, 0) is 70.1 Å². The second-order valence-corrected chi connectivity index (χ2v) is 10.0. The van der Waals surface area contributed by atoms with E-state index in [1.54, 1.807) is 6.20 Å². The molecule has 0 aromatic carbocycles. The van der Waals surface area contributed by atoms with Gasteiger partial charge in [0.15, 0.2) is 0 Å². The summed E-state index contributed by atoms with van der Waals surface area (Å²) in [5, 5.41) is 17.2. The fourth-order valence-electron chi connectivity index (χ4n) is 4.53. The van der Waals surface area contributed by atoms with E-state index in [9.17, 15) is 5.26 Å². The maximum absolute atomic E-state index is 9.70. The molecule has 1 aliphatic heterocycles. The number of nitriles is 1. The Labute approximate surface area is 207 Å². The SMILES string of the molecule is CC(C)N=CC1CCC(Nc2cc(-c3cccc(NCC4(C#N)CCOCC4)n3)c(Cl)cn2)C1. The van der Waals surface area contributed by atoms with Gasteiger partial charge in [0.05, 0.1) is 22.2 Å². The van der Waals surface area contributed by atoms with Gasteiger partial charge in [-0.25, -0.2) is 9.97 Å². The maximum Gasteiger partial charge on any atom is 0.126 e. The third-order valence-electron chi connectivity index (χ3n) is 6.60. The van der Waals surface area contributed by atoms with Gasteiger partial charge in [0, 0.05) is 49.8 Å². The summed E-state index contributed by atoms with van der Waals surface area (Å²) in [5.74, 6) is 2.05. The van der Waals surface area contributed by atoms with Gasteiger partial charge < -0.3 is 15.4 Å². The van der Waals surface area contributed by atoms with Crippen LogP contribution in [0.3, 0.4) is 0 Å². The van der Waals surface area contributed by atoms with Gasteiger partial charge in [-0.15, -0.1) is 0 Å². The van der Waals surface area contributed by atoms with Crippen LogP contribution < -0.4 is 10.6 Å². The number of rotatable bonds is 8. The predicted octanol–water partition coefficient (Wildman–Crippen LogP) is 5.59. The van der Waals surface area contributed by atoms with Crippen molar-refractivity contribution in [2.24, 2.45) is 16.3 Å². The highest BCUT2D eigenvalue weighted by atomic mass is 35.5. The first kappa shape index (κ1) is 24.4. The van der Waals surface area contributed by atoms with Crippen LogP contribution in [0.1, 0.15) is 46.0 Å². The summed E-state index contributed by atoms with van der Waals surface area (Å²) >= 11 is 6.51. The van der Waals surface area contributed by atoms with Crippen molar-refractivity contribution in [2.75, 3.05) is 30.4 Å². The molecule has 2 N–H and O–H groups in total. The van der Waals surface area contributed by atoms with Gasteiger partial charge in [-0.1, -0.05) is 17.7 Å². The average molecular weight is 481 g/mol. The van der Waals surface area contributed by atoms with E-state index in [0.717, 1.165) is 55.0 Å². The average Bonchev–Trinajstić information content (AvgIpc) is 3.31. The second-order valence-electron chi connectivity index (χ2n) is 9.62. The molecule has 2 unspecified atom stereocenters. The highest BCUT2D eigenvalue weighted by Gasteiger charge is 2.32. The van der Waals surface area contributed by atoms with Crippen LogP contribution in [0.5, 0.6) is 0 Å². The Kier molecular flexibility index (Phi) is 8.02. The maximum atomic E-state index is 9.70. The van der Waals surface area contributed by atoms with Crippen LogP contribution in [0, 0.1) is 22.7 Å². The summed E-state index contributed by atoms with van der Waals surface area (Å²) in [6.45, 7) is 5.99. The van der Waals surface area contributed by atoms with E-state index < -0.39 is 5.41 Å². The Hall–Kier alpha value is -2.69. The molecule has 0 radical (unpaired) electrons. The minimum atomic E-state index is -0.416. The van der Waals surface area contributed by atoms with E-state index in [1.807, 2.05) is 24.3 Å². The van der Waals surface area contributed by atoms with Gasteiger partial charge >= 0.3 is 0 Å². The molecule has 1 aliphatic carbocycles. The molecule has 2 fully saturated rings. The monoisotopic (exact) mass is 480 g/mol. The molecule has 7 nitrogen and oxygen atoms in total. The predicted molar refractivity (Wildman–Crippen MR) is 137 cm³/mol. The molecule has 0 amide bonds. The van der Waals surface area contributed by atoms with Crippen molar-refractivity contribution >= 4 is 29.5 Å². The van der Waals surface area contributed by atoms with Crippen molar-refractivity contribution in [1.82, 2.24) is 9.97 Å². The van der Waals surface area contributed by atoms with Crippen molar-refractivity contribution < 1.29 is 4.74 Å². The molecule has 2 aliphatic rings. The molecular weight excluding hydrogens is 448 g/mol. The number of anilines is 2. The second kappa shape index (κ2) is 11.2. The van der Waals surface area contributed by atoms with Gasteiger partial charge in [0.2, 0.25) is 0 Å². The smallest absolute Gasteiger partial charge is 0.126 e. The van der Waals surface area contributed by atoms with Crippen LogP contribution in [0.2, 0.25) is 5.02 Å². The van der Waals surface area contributed by atoms with Crippen LogP contribution in [0.15, 0.2) is 35.5 Å². The number of pyridine rings is 2. The Morgan fingerprint density at radius 3 is 2.88 bits per heavy atom. The van der Waals surface area contributed by atoms with Gasteiger partial charge in [0.25, 0.3) is 0 Å². The molecule has 1 saturated heterocycles. The molecule has 2 atom stereocenters. The molecule has 8 heteroatoms. The topological polar surface area (TPSA) is 95.2 Å². The molecule has 2 aromatic rings. The molecule has 4 rings (SSSR count). The quantitative estimate of drug-likeness (QED) is 0.478. The largest absolute Gasteiger partial charge is 0.381 e. The van der Waals surface area contributed by atoms with Crippen LogP contribution in [-0.4, -0.2) is 48.0 Å². The number of ether oxygens (including phenoxy) is 1. The van der Waals surface area contributed by atoms with Crippen molar-refractivity contribution in [3.05, 3.63) is 35.5 Å².